The third kappa shape index (κ3) is 9.41. The van der Waals surface area contributed by atoms with Crippen molar-refractivity contribution in [2.24, 2.45) is 5.92 Å². The van der Waals surface area contributed by atoms with Crippen molar-refractivity contribution >= 4 is 41.1 Å². The fraction of sp³-hybridized carbons (Fsp3) is 0.316. The first-order valence-electron chi connectivity index (χ1n) is 22.4. The smallest absolute Gasteiger partial charge is 0.213 e. The summed E-state index contributed by atoms with van der Waals surface area (Å²) in [5, 5.41) is 7.95. The van der Waals surface area contributed by atoms with Crippen LogP contribution < -0.4 is 20.0 Å². The van der Waals surface area contributed by atoms with Crippen LogP contribution in [-0.4, -0.2) is 15.1 Å². The molecule has 314 valence electrons. The van der Waals surface area contributed by atoms with Gasteiger partial charge in [0.15, 0.2) is 12.2 Å². The lowest BCUT2D eigenvalue weighted by molar-refractivity contribution is -0.717. The summed E-state index contributed by atoms with van der Waals surface area (Å²) in [4.78, 5) is 2.37. The number of allylic oxidation sites excluding steroid dienone is 4. The molecule has 5 aromatic carbocycles. The summed E-state index contributed by atoms with van der Waals surface area (Å²) in [6, 6.07) is 42.9. The molecule has 2 heterocycles. The molecule has 0 saturated carbocycles. The summed E-state index contributed by atoms with van der Waals surface area (Å²) in [5.74, 6) is 0.862. The minimum Gasteiger partial charge on any atom is -0.353 e. The number of aromatic nitrogens is 1. The molecule has 1 aliphatic heterocycles. The van der Waals surface area contributed by atoms with Crippen LogP contribution in [0.1, 0.15) is 89.5 Å². The zero-order valence-corrected chi connectivity index (χ0v) is 39.6. The van der Waals surface area contributed by atoms with Crippen LogP contribution in [0, 0.1) is 5.92 Å². The molecule has 1 aliphatic rings. The van der Waals surface area contributed by atoms with E-state index in [0.29, 0.717) is 5.92 Å². The van der Waals surface area contributed by atoms with Gasteiger partial charge in [-0.25, -0.2) is 0 Å². The summed E-state index contributed by atoms with van der Waals surface area (Å²) in [6.07, 6.45) is 10.7. The van der Waals surface area contributed by atoms with E-state index in [1.807, 2.05) is 0 Å². The van der Waals surface area contributed by atoms with Crippen molar-refractivity contribution in [3.8, 4) is 22.4 Å². The summed E-state index contributed by atoms with van der Waals surface area (Å²) in [7, 11) is 0.510. The minimum atomic E-state index is -1.71. The van der Waals surface area contributed by atoms with E-state index >= 15 is 0 Å². The maximum absolute atomic E-state index is 4.96. The van der Waals surface area contributed by atoms with Crippen LogP contribution in [0.3, 0.4) is 0 Å². The molecule has 3 nitrogen and oxygen atoms in total. The van der Waals surface area contributed by atoms with E-state index in [-0.39, 0.29) is 17.4 Å². The van der Waals surface area contributed by atoms with Gasteiger partial charge in [0.05, 0.1) is 25.9 Å². The van der Waals surface area contributed by atoms with Crippen LogP contribution in [0.5, 0.6) is 0 Å². The van der Waals surface area contributed by atoms with Crippen LogP contribution in [0.4, 0.5) is 17.1 Å². The Labute approximate surface area is 368 Å². The quantitative estimate of drug-likeness (QED) is 0.0670. The van der Waals surface area contributed by atoms with E-state index in [0.717, 1.165) is 48.4 Å². The number of hydrogen-bond donors (Lipinski definition) is 1. The molecule has 6 aromatic rings. The van der Waals surface area contributed by atoms with Crippen molar-refractivity contribution in [1.82, 2.24) is 0 Å². The number of nitrogens with zero attached hydrogens (tertiary/aromatic N) is 2. The average Bonchev–Trinajstić information content (AvgIpc) is 3.22. The molecule has 1 aromatic heterocycles. The van der Waals surface area contributed by atoms with E-state index in [9.17, 15) is 0 Å². The molecule has 7 rings (SSSR count). The number of hydrogen-bond acceptors (Lipinski definition) is 2. The monoisotopic (exact) mass is 823 g/mol. The number of fused-ring (bicyclic) bond motifs is 4. The fourth-order valence-corrected chi connectivity index (χ4v) is 11.1. The van der Waals surface area contributed by atoms with Crippen molar-refractivity contribution < 1.29 is 4.57 Å². The molecular formula is C57H68N3Si+. The Bertz CT molecular complexity index is 2580. The van der Waals surface area contributed by atoms with Gasteiger partial charge < -0.3 is 10.2 Å². The Morgan fingerprint density at radius 2 is 1.52 bits per heavy atom. The zero-order chi connectivity index (χ0) is 43.6. The highest BCUT2D eigenvalue weighted by molar-refractivity contribution is 6.89. The number of anilines is 3. The van der Waals surface area contributed by atoms with Gasteiger partial charge in [0, 0.05) is 52.1 Å². The summed E-state index contributed by atoms with van der Waals surface area (Å²) < 4.78 is 2.67. The fourth-order valence-electron chi connectivity index (χ4n) is 9.46. The molecule has 61 heavy (non-hydrogen) atoms. The molecule has 2 atom stereocenters. The summed E-state index contributed by atoms with van der Waals surface area (Å²) in [6.45, 7) is 30.6. The van der Waals surface area contributed by atoms with Crippen LogP contribution in [0.25, 0.3) is 33.2 Å². The van der Waals surface area contributed by atoms with Gasteiger partial charge in [-0.05, 0) is 89.4 Å². The Hall–Kier alpha value is -5.45. The second kappa shape index (κ2) is 17.9. The molecule has 2 unspecified atom stereocenters. The van der Waals surface area contributed by atoms with Crippen LogP contribution in [-0.2, 0) is 11.8 Å². The number of nitrogens with one attached hydrogen (secondary N) is 1. The third-order valence-corrected chi connectivity index (χ3v) is 14.7. The van der Waals surface area contributed by atoms with Gasteiger partial charge in [-0.3, -0.25) is 0 Å². The SMILES string of the molecule is C=C(/C=C\C)CCC1c2ccccc2-c2cc(CC(C)C)c([Si](C)(C)C)c[n+]2C1CC(=C)N(C)c1c(Nc2ccc(C(C)(C)C)cc2-c2ccccc2)ccc2ccccc12. The van der Waals surface area contributed by atoms with E-state index in [1.54, 1.807) is 5.19 Å². The molecule has 1 N–H and O–H groups in total. The van der Waals surface area contributed by atoms with Crippen LogP contribution in [0.15, 0.2) is 158 Å². The highest BCUT2D eigenvalue weighted by Gasteiger charge is 2.42. The van der Waals surface area contributed by atoms with E-state index < -0.39 is 8.07 Å². The predicted molar refractivity (Wildman–Crippen MR) is 269 cm³/mol. The Balaban J connectivity index is 1.35. The lowest BCUT2D eigenvalue weighted by Gasteiger charge is -2.35. The van der Waals surface area contributed by atoms with Crippen molar-refractivity contribution in [3.05, 3.63) is 175 Å². The van der Waals surface area contributed by atoms with E-state index in [4.69, 9.17) is 6.58 Å². The molecule has 0 amide bonds. The van der Waals surface area contributed by atoms with Crippen molar-refractivity contribution in [2.75, 3.05) is 17.3 Å². The van der Waals surface area contributed by atoms with Gasteiger partial charge in [-0.1, -0.05) is 170 Å². The minimum absolute atomic E-state index is 0.0218. The van der Waals surface area contributed by atoms with Gasteiger partial charge in [0.25, 0.3) is 0 Å². The lowest BCUT2D eigenvalue weighted by Crippen LogP contribution is -2.54. The lowest BCUT2D eigenvalue weighted by atomic mass is 9.78. The molecule has 0 fully saturated rings. The molecular weight excluding hydrogens is 755 g/mol. The molecule has 0 bridgehead atoms. The van der Waals surface area contributed by atoms with Crippen LogP contribution >= 0.6 is 0 Å². The number of rotatable bonds is 14. The first-order valence-corrected chi connectivity index (χ1v) is 25.9. The van der Waals surface area contributed by atoms with Crippen LogP contribution in [0.2, 0.25) is 19.6 Å². The molecule has 0 saturated heterocycles. The molecule has 0 spiro atoms. The highest BCUT2D eigenvalue weighted by atomic mass is 28.3. The highest BCUT2D eigenvalue weighted by Crippen LogP contribution is 2.46. The van der Waals surface area contributed by atoms with Gasteiger partial charge in [-0.2, -0.15) is 4.57 Å². The maximum atomic E-state index is 4.96. The average molecular weight is 823 g/mol. The summed E-state index contributed by atoms with van der Waals surface area (Å²) >= 11 is 0. The third-order valence-electron chi connectivity index (χ3n) is 12.7. The molecule has 0 radical (unpaired) electrons. The Morgan fingerprint density at radius 1 is 0.836 bits per heavy atom. The zero-order valence-electron chi connectivity index (χ0n) is 38.6. The Morgan fingerprint density at radius 3 is 2.23 bits per heavy atom. The van der Waals surface area contributed by atoms with Crippen molar-refractivity contribution in [1.29, 1.82) is 0 Å². The first kappa shape index (κ1) is 43.6. The second-order valence-corrected chi connectivity index (χ2v) is 24.9. The Kier molecular flexibility index (Phi) is 12.8. The van der Waals surface area contributed by atoms with Crippen molar-refractivity contribution in [2.45, 2.75) is 104 Å². The van der Waals surface area contributed by atoms with Gasteiger partial charge >= 0.3 is 0 Å². The predicted octanol–water partition coefficient (Wildman–Crippen LogP) is 14.8. The van der Waals surface area contributed by atoms with E-state index in [1.165, 1.54) is 55.4 Å². The first-order chi connectivity index (χ1) is 29.0. The van der Waals surface area contributed by atoms with Gasteiger partial charge in [0.1, 0.15) is 0 Å². The van der Waals surface area contributed by atoms with Gasteiger partial charge in [0.2, 0.25) is 5.69 Å². The largest absolute Gasteiger partial charge is 0.353 e. The maximum Gasteiger partial charge on any atom is 0.213 e. The van der Waals surface area contributed by atoms with Gasteiger partial charge in [-0.15, -0.1) is 0 Å². The standard InChI is InChI=1S/C57H68N3Si/c1-13-21-40(4)28-31-49-47-26-19-20-27-48(47)54-36-44(34-39(2)3)55(61(10,11)12)38-60(54)53(49)35-41(5)59(9)56-46-25-18-17-24-43(46)29-32-52(56)58-51-33-30-45(57(6,7)8)37-50(51)42-22-15-14-16-23-42/h13-27,29-30,32-33,36-39,49,53,58H,4-5,28,31,34-35H2,1-3,6-12H3/q+1/b21-13-. The topological polar surface area (TPSA) is 19.1 Å². The normalized spacial score (nSPS) is 15.2. The van der Waals surface area contributed by atoms with Crippen molar-refractivity contribution in [3.63, 3.8) is 0 Å². The van der Waals surface area contributed by atoms with E-state index in [2.05, 4.69) is 223 Å². The molecule has 0 aliphatic carbocycles. The number of benzene rings is 5. The second-order valence-electron chi connectivity index (χ2n) is 19.8. The summed E-state index contributed by atoms with van der Waals surface area (Å²) in [5.41, 5.74) is 14.9. The molecule has 4 heteroatoms. The number of pyridine rings is 1.